The topological polar surface area (TPSA) is 106 Å². The van der Waals surface area contributed by atoms with Crippen LogP contribution in [0.5, 0.6) is 5.75 Å². The first kappa shape index (κ1) is 23.3. The number of aliphatic hydroxyl groups is 1. The van der Waals surface area contributed by atoms with Crippen molar-refractivity contribution in [3.63, 3.8) is 0 Å². The van der Waals surface area contributed by atoms with Gasteiger partial charge in [-0.15, -0.1) is 0 Å². The summed E-state index contributed by atoms with van der Waals surface area (Å²) in [7, 11) is 1.29. The summed E-state index contributed by atoms with van der Waals surface area (Å²) in [5.41, 5.74) is 1.52. The Labute approximate surface area is 165 Å². The molecule has 1 rings (SSSR count). The minimum Gasteiger partial charge on any atom is -0.490 e. The molecule has 0 aromatic heterocycles. The number of esters is 1. The lowest BCUT2D eigenvalue weighted by Crippen LogP contribution is -2.36. The lowest BCUT2D eigenvalue weighted by Gasteiger charge is -2.20. The highest BCUT2D eigenvalue weighted by atomic mass is 16.6. The van der Waals surface area contributed by atoms with E-state index in [0.717, 1.165) is 5.56 Å². The molecule has 0 heterocycles. The van der Waals surface area contributed by atoms with Gasteiger partial charge in [0.2, 0.25) is 0 Å². The lowest BCUT2D eigenvalue weighted by atomic mass is 10.1. The monoisotopic (exact) mass is 394 g/mol. The maximum Gasteiger partial charge on any atom is 0.407 e. The first-order chi connectivity index (χ1) is 13.2. The lowest BCUT2D eigenvalue weighted by molar-refractivity contribution is -0.134. The van der Waals surface area contributed by atoms with Gasteiger partial charge in [0.05, 0.1) is 19.4 Å². The van der Waals surface area contributed by atoms with Crippen LogP contribution in [-0.2, 0) is 14.3 Å². The maximum atomic E-state index is 11.8. The number of aryl methyl sites for hydroxylation is 1. The molecule has 0 aliphatic heterocycles. The zero-order valence-electron chi connectivity index (χ0n) is 17.1. The zero-order valence-corrected chi connectivity index (χ0v) is 17.1. The van der Waals surface area contributed by atoms with E-state index in [-0.39, 0.29) is 19.8 Å². The molecule has 1 aromatic rings. The highest BCUT2D eigenvalue weighted by Crippen LogP contribution is 2.26. The Kier molecular flexibility index (Phi) is 9.31. The number of carbonyl (C=O) groups excluding carboxylic acids is 2. The van der Waals surface area contributed by atoms with E-state index in [2.05, 4.69) is 10.6 Å². The van der Waals surface area contributed by atoms with Crippen molar-refractivity contribution in [2.45, 2.75) is 33.3 Å². The summed E-state index contributed by atoms with van der Waals surface area (Å²) < 4.78 is 15.5. The van der Waals surface area contributed by atoms with Crippen LogP contribution in [0.25, 0.3) is 5.70 Å². The number of methoxy groups -OCH3 is 1. The predicted molar refractivity (Wildman–Crippen MR) is 106 cm³/mol. The molecule has 0 atom stereocenters. The van der Waals surface area contributed by atoms with E-state index in [4.69, 9.17) is 19.3 Å². The van der Waals surface area contributed by atoms with Crippen molar-refractivity contribution in [3.05, 3.63) is 35.4 Å². The van der Waals surface area contributed by atoms with Crippen molar-refractivity contribution in [1.82, 2.24) is 10.6 Å². The predicted octanol–water partition coefficient (Wildman–Crippen LogP) is 1.99. The Bertz CT molecular complexity index is 694. The van der Waals surface area contributed by atoms with Crippen molar-refractivity contribution >= 4 is 17.8 Å². The summed E-state index contributed by atoms with van der Waals surface area (Å²) in [6.45, 7) is 7.90. The van der Waals surface area contributed by atoms with Crippen LogP contribution < -0.4 is 15.4 Å². The number of nitrogens with one attached hydrogen (secondary N) is 2. The molecule has 0 spiro atoms. The summed E-state index contributed by atoms with van der Waals surface area (Å²) in [5, 5.41) is 14.8. The molecule has 3 N–H and O–H groups in total. The van der Waals surface area contributed by atoms with Crippen LogP contribution in [0.3, 0.4) is 0 Å². The van der Waals surface area contributed by atoms with Gasteiger partial charge >= 0.3 is 12.1 Å². The number of hydrogen-bond donors (Lipinski definition) is 3. The largest absolute Gasteiger partial charge is 0.490 e. The third-order valence-corrected chi connectivity index (χ3v) is 3.35. The number of benzene rings is 1. The molecule has 156 valence electrons. The fourth-order valence-electron chi connectivity index (χ4n) is 2.21. The third kappa shape index (κ3) is 8.77. The quantitative estimate of drug-likeness (QED) is 0.334. The summed E-state index contributed by atoms with van der Waals surface area (Å²) in [5.74, 6) is -0.0142. The summed E-state index contributed by atoms with van der Waals surface area (Å²) in [4.78, 5) is 23.5. The fourth-order valence-corrected chi connectivity index (χ4v) is 2.21. The van der Waals surface area contributed by atoms with E-state index in [1.807, 2.05) is 19.1 Å². The molecule has 0 aliphatic rings. The van der Waals surface area contributed by atoms with E-state index >= 15 is 0 Å². The highest BCUT2D eigenvalue weighted by molar-refractivity contribution is 5.91. The summed E-state index contributed by atoms with van der Waals surface area (Å²) in [6.07, 6.45) is 0.795. The molecule has 8 heteroatoms. The molecule has 0 unspecified atom stereocenters. The molecule has 0 saturated carbocycles. The van der Waals surface area contributed by atoms with E-state index in [0.29, 0.717) is 23.6 Å². The van der Waals surface area contributed by atoms with Crippen LogP contribution in [0.2, 0.25) is 0 Å². The van der Waals surface area contributed by atoms with Crippen molar-refractivity contribution in [1.29, 1.82) is 0 Å². The minimum atomic E-state index is -0.575. The van der Waals surface area contributed by atoms with E-state index in [9.17, 15) is 9.59 Å². The van der Waals surface area contributed by atoms with Crippen LogP contribution in [0.4, 0.5) is 4.79 Å². The molecule has 8 nitrogen and oxygen atoms in total. The van der Waals surface area contributed by atoms with Crippen LogP contribution in [0.1, 0.15) is 31.9 Å². The van der Waals surface area contributed by atoms with Gasteiger partial charge in [-0.25, -0.2) is 9.59 Å². The van der Waals surface area contributed by atoms with Crippen molar-refractivity contribution < 1.29 is 28.9 Å². The van der Waals surface area contributed by atoms with Gasteiger partial charge in [-0.1, -0.05) is 11.6 Å². The Morgan fingerprint density at radius 3 is 2.46 bits per heavy atom. The highest BCUT2D eigenvalue weighted by Gasteiger charge is 2.16. The molecule has 0 radical (unpaired) electrons. The Morgan fingerprint density at radius 2 is 1.86 bits per heavy atom. The summed E-state index contributed by atoms with van der Waals surface area (Å²) >= 11 is 0. The average Bonchev–Trinajstić information content (AvgIpc) is 2.61. The SMILES string of the molecule is COC(=O)/C=C(\NCCNC(=O)OC(C)(C)C)c1cc(C)ccc1OCCO. The van der Waals surface area contributed by atoms with Gasteiger partial charge in [0.15, 0.2) is 0 Å². The zero-order chi connectivity index (χ0) is 21.2. The molecule has 28 heavy (non-hydrogen) atoms. The van der Waals surface area contributed by atoms with E-state index in [1.165, 1.54) is 13.2 Å². The Hall–Kier alpha value is -2.74. The number of hydrogen-bond acceptors (Lipinski definition) is 7. The number of rotatable bonds is 9. The normalized spacial score (nSPS) is 11.6. The van der Waals surface area contributed by atoms with Crippen molar-refractivity contribution in [2.24, 2.45) is 0 Å². The molecule has 1 aromatic carbocycles. The Balaban J connectivity index is 2.88. The number of amides is 1. The molecule has 0 fully saturated rings. The van der Waals surface area contributed by atoms with Gasteiger partial charge in [-0.2, -0.15) is 0 Å². The van der Waals surface area contributed by atoms with E-state index in [1.54, 1.807) is 26.8 Å². The van der Waals surface area contributed by atoms with Gasteiger partial charge in [0.1, 0.15) is 18.0 Å². The van der Waals surface area contributed by atoms with Gasteiger partial charge < -0.3 is 30.0 Å². The maximum absolute atomic E-state index is 11.8. The van der Waals surface area contributed by atoms with Gasteiger partial charge in [-0.05, 0) is 39.8 Å². The smallest absolute Gasteiger partial charge is 0.407 e. The first-order valence-corrected chi connectivity index (χ1v) is 9.01. The second-order valence-corrected chi connectivity index (χ2v) is 7.01. The number of carbonyl (C=O) groups is 2. The Morgan fingerprint density at radius 1 is 1.18 bits per heavy atom. The minimum absolute atomic E-state index is 0.127. The molecule has 0 saturated heterocycles. The molecular weight excluding hydrogens is 364 g/mol. The van der Waals surface area contributed by atoms with Crippen LogP contribution in [0, 0.1) is 6.92 Å². The average molecular weight is 394 g/mol. The first-order valence-electron chi connectivity index (χ1n) is 9.01. The second kappa shape index (κ2) is 11.2. The number of aliphatic hydroxyl groups excluding tert-OH is 1. The molecule has 0 bridgehead atoms. The van der Waals surface area contributed by atoms with Gasteiger partial charge in [-0.3, -0.25) is 0 Å². The summed E-state index contributed by atoms with van der Waals surface area (Å²) in [6, 6.07) is 5.50. The third-order valence-electron chi connectivity index (χ3n) is 3.35. The van der Waals surface area contributed by atoms with Gasteiger partial charge in [0, 0.05) is 24.7 Å². The van der Waals surface area contributed by atoms with E-state index < -0.39 is 17.7 Å². The number of ether oxygens (including phenoxy) is 3. The van der Waals surface area contributed by atoms with Crippen LogP contribution in [-0.4, -0.2) is 56.2 Å². The van der Waals surface area contributed by atoms with Gasteiger partial charge in [0.25, 0.3) is 0 Å². The number of alkyl carbamates (subject to hydrolysis) is 1. The van der Waals surface area contributed by atoms with Crippen molar-refractivity contribution in [2.75, 3.05) is 33.4 Å². The van der Waals surface area contributed by atoms with Crippen LogP contribution >= 0.6 is 0 Å². The van der Waals surface area contributed by atoms with Crippen molar-refractivity contribution in [3.8, 4) is 5.75 Å². The second-order valence-electron chi connectivity index (χ2n) is 7.01. The fraction of sp³-hybridized carbons (Fsp3) is 0.500. The molecule has 0 aliphatic carbocycles. The molecule has 1 amide bonds. The molecular formula is C20H30N2O6. The van der Waals surface area contributed by atoms with Crippen LogP contribution in [0.15, 0.2) is 24.3 Å². The standard InChI is InChI=1S/C20H30N2O6/c1-14-6-7-17(27-11-10-23)15(12-14)16(13-18(24)26-5)21-8-9-22-19(25)28-20(2,3)4/h6-7,12-13,21,23H,8-11H2,1-5H3,(H,22,25)/b16-13-.